The second-order valence-electron chi connectivity index (χ2n) is 5.65. The highest BCUT2D eigenvalue weighted by molar-refractivity contribution is 5.96. The van der Waals surface area contributed by atoms with Crippen molar-refractivity contribution < 1.29 is 28.6 Å². The third kappa shape index (κ3) is 3.90. The van der Waals surface area contributed by atoms with Crippen LogP contribution in [-0.2, 0) is 0 Å². The minimum Gasteiger partial charge on any atom is -0.423 e. The molecule has 3 aromatic rings. The number of benzene rings is 2. The van der Waals surface area contributed by atoms with Gasteiger partial charge in [-0.25, -0.2) is 9.59 Å². The number of hydrogen-bond acceptors (Lipinski definition) is 9. The first-order valence-corrected chi connectivity index (χ1v) is 7.69. The van der Waals surface area contributed by atoms with Crippen LogP contribution in [0.4, 0.5) is 11.4 Å². The van der Waals surface area contributed by atoms with Crippen LogP contribution < -0.4 is 16.1 Å². The van der Waals surface area contributed by atoms with E-state index in [0.29, 0.717) is 11.5 Å². The predicted molar refractivity (Wildman–Crippen MR) is 95.7 cm³/mol. The van der Waals surface area contributed by atoms with E-state index in [9.17, 15) is 34.6 Å². The number of nitro benzene ring substituents is 2. The average Bonchev–Trinajstić information content (AvgIpc) is 2.66. The Kier molecular flexibility index (Phi) is 4.75. The van der Waals surface area contributed by atoms with E-state index in [-0.39, 0.29) is 16.9 Å². The Labute approximate surface area is 159 Å². The number of amides is 1. The lowest BCUT2D eigenvalue weighted by molar-refractivity contribution is -0.394. The number of fused-ring (bicyclic) bond motifs is 1. The molecule has 0 spiro atoms. The summed E-state index contributed by atoms with van der Waals surface area (Å²) in [5.74, 6) is -2.18. The maximum atomic E-state index is 12.3. The topological polar surface area (TPSA) is 186 Å². The number of carbonyl (C=O) groups excluding carboxylic acids is 2. The molecule has 2 N–H and O–H groups in total. The van der Waals surface area contributed by atoms with Gasteiger partial charge in [0.15, 0.2) is 0 Å². The molecule has 0 aliphatic rings. The second-order valence-corrected chi connectivity index (χ2v) is 5.65. The average molecular weight is 399 g/mol. The van der Waals surface area contributed by atoms with Gasteiger partial charge in [0, 0.05) is 23.6 Å². The van der Waals surface area contributed by atoms with Crippen LogP contribution in [0.2, 0.25) is 0 Å². The SMILES string of the molecule is NC(=O)c1cc2ccc(OC(=O)c3cc([N+](=O)[O-])cc([N+](=O)[O-])c3)cc2oc1=O. The summed E-state index contributed by atoms with van der Waals surface area (Å²) in [4.78, 5) is 55.3. The van der Waals surface area contributed by atoms with Gasteiger partial charge in [0.1, 0.15) is 16.9 Å². The van der Waals surface area contributed by atoms with Crippen molar-refractivity contribution in [2.45, 2.75) is 0 Å². The molecule has 3 rings (SSSR count). The Morgan fingerprint density at radius 2 is 1.59 bits per heavy atom. The normalized spacial score (nSPS) is 10.5. The highest BCUT2D eigenvalue weighted by Crippen LogP contribution is 2.25. The predicted octanol–water partition coefficient (Wildman–Crippen LogP) is 1.93. The summed E-state index contributed by atoms with van der Waals surface area (Å²) >= 11 is 0. The molecule has 0 unspecified atom stereocenters. The maximum Gasteiger partial charge on any atom is 0.349 e. The number of carbonyl (C=O) groups is 2. The fourth-order valence-electron chi connectivity index (χ4n) is 2.42. The second kappa shape index (κ2) is 7.19. The van der Waals surface area contributed by atoms with Crippen molar-refractivity contribution in [2.75, 3.05) is 0 Å². The van der Waals surface area contributed by atoms with Gasteiger partial charge in [-0.05, 0) is 18.2 Å². The Balaban J connectivity index is 1.96. The molecule has 0 fully saturated rings. The van der Waals surface area contributed by atoms with Crippen molar-refractivity contribution in [3.63, 3.8) is 0 Å². The van der Waals surface area contributed by atoms with Gasteiger partial charge in [0.25, 0.3) is 17.3 Å². The van der Waals surface area contributed by atoms with Crippen LogP contribution in [0.3, 0.4) is 0 Å². The van der Waals surface area contributed by atoms with Gasteiger partial charge in [-0.2, -0.15) is 0 Å². The molecule has 0 saturated carbocycles. The number of hydrogen-bond donors (Lipinski definition) is 1. The molecule has 0 aliphatic carbocycles. The van der Waals surface area contributed by atoms with Crippen LogP contribution in [0.15, 0.2) is 51.7 Å². The summed E-state index contributed by atoms with van der Waals surface area (Å²) in [5, 5.41) is 22.2. The van der Waals surface area contributed by atoms with Gasteiger partial charge < -0.3 is 14.9 Å². The van der Waals surface area contributed by atoms with Crippen LogP contribution in [0.5, 0.6) is 5.75 Å². The van der Waals surface area contributed by atoms with E-state index in [1.165, 1.54) is 24.3 Å². The lowest BCUT2D eigenvalue weighted by atomic mass is 10.1. The molecular weight excluding hydrogens is 390 g/mol. The molecule has 146 valence electrons. The number of nitro groups is 2. The lowest BCUT2D eigenvalue weighted by Gasteiger charge is -2.06. The van der Waals surface area contributed by atoms with Crippen molar-refractivity contribution in [1.82, 2.24) is 0 Å². The van der Waals surface area contributed by atoms with Gasteiger partial charge in [-0.15, -0.1) is 0 Å². The molecule has 0 radical (unpaired) electrons. The summed E-state index contributed by atoms with van der Waals surface area (Å²) in [6.07, 6.45) is 0. The Morgan fingerprint density at radius 3 is 2.14 bits per heavy atom. The minimum absolute atomic E-state index is 0.0182. The standard InChI is InChI=1S/C17H9N3O9/c18-15(21)13-5-8-1-2-12(7-14(8)29-17(13)23)28-16(22)9-3-10(19(24)25)6-11(4-9)20(26)27/h1-7H,(H2,18,21). The third-order valence-electron chi connectivity index (χ3n) is 3.74. The third-order valence-corrected chi connectivity index (χ3v) is 3.74. The molecule has 12 heteroatoms. The number of primary amides is 1. The maximum absolute atomic E-state index is 12.3. The van der Waals surface area contributed by atoms with Gasteiger partial charge in [0.2, 0.25) is 0 Å². The first kappa shape index (κ1) is 19.2. The van der Waals surface area contributed by atoms with E-state index in [4.69, 9.17) is 14.9 Å². The van der Waals surface area contributed by atoms with Crippen molar-refractivity contribution >= 4 is 34.2 Å². The number of rotatable bonds is 5. The summed E-state index contributed by atoms with van der Waals surface area (Å²) in [5.41, 5.74) is 1.98. The summed E-state index contributed by atoms with van der Waals surface area (Å²) in [7, 11) is 0. The summed E-state index contributed by atoms with van der Waals surface area (Å²) < 4.78 is 10.0. The molecule has 29 heavy (non-hydrogen) atoms. The van der Waals surface area contributed by atoms with Gasteiger partial charge in [-0.3, -0.25) is 25.0 Å². The first-order valence-electron chi connectivity index (χ1n) is 7.69. The molecule has 1 amide bonds. The van der Waals surface area contributed by atoms with E-state index in [2.05, 4.69) is 0 Å². The quantitative estimate of drug-likeness (QED) is 0.220. The molecule has 2 aromatic carbocycles. The van der Waals surface area contributed by atoms with Crippen molar-refractivity contribution in [3.05, 3.63) is 84.2 Å². The molecule has 1 aromatic heterocycles. The van der Waals surface area contributed by atoms with Gasteiger partial charge in [0.05, 0.1) is 21.5 Å². The fraction of sp³-hybridized carbons (Fsp3) is 0. The molecule has 1 heterocycles. The molecule has 12 nitrogen and oxygen atoms in total. The first-order chi connectivity index (χ1) is 13.7. The number of nitrogens with zero attached hydrogens (tertiary/aromatic N) is 2. The van der Waals surface area contributed by atoms with Crippen LogP contribution in [0, 0.1) is 20.2 Å². The zero-order valence-corrected chi connectivity index (χ0v) is 14.2. The molecular formula is C17H9N3O9. The van der Waals surface area contributed by atoms with E-state index in [1.807, 2.05) is 0 Å². The van der Waals surface area contributed by atoms with E-state index in [0.717, 1.165) is 12.1 Å². The van der Waals surface area contributed by atoms with Crippen molar-refractivity contribution in [2.24, 2.45) is 5.73 Å². The summed E-state index contributed by atoms with van der Waals surface area (Å²) in [6.45, 7) is 0. The Hall–Kier alpha value is -4.61. The molecule has 0 atom stereocenters. The smallest absolute Gasteiger partial charge is 0.349 e. The monoisotopic (exact) mass is 399 g/mol. The van der Waals surface area contributed by atoms with E-state index in [1.54, 1.807) is 0 Å². The highest BCUT2D eigenvalue weighted by atomic mass is 16.6. The molecule has 0 saturated heterocycles. The van der Waals surface area contributed by atoms with Crippen LogP contribution in [0.1, 0.15) is 20.7 Å². The van der Waals surface area contributed by atoms with Gasteiger partial charge >= 0.3 is 11.6 Å². The van der Waals surface area contributed by atoms with Crippen LogP contribution in [-0.4, -0.2) is 21.7 Å². The van der Waals surface area contributed by atoms with Crippen LogP contribution in [0.25, 0.3) is 11.0 Å². The zero-order valence-electron chi connectivity index (χ0n) is 14.2. The number of nitrogens with two attached hydrogens (primary N) is 1. The molecule has 0 aliphatic heterocycles. The largest absolute Gasteiger partial charge is 0.423 e. The van der Waals surface area contributed by atoms with E-state index < -0.39 is 44.3 Å². The minimum atomic E-state index is -1.10. The Bertz CT molecular complexity index is 1230. The number of esters is 1. The molecule has 0 bridgehead atoms. The van der Waals surface area contributed by atoms with E-state index >= 15 is 0 Å². The zero-order chi connectivity index (χ0) is 21.3. The van der Waals surface area contributed by atoms with Gasteiger partial charge in [-0.1, -0.05) is 0 Å². The van der Waals surface area contributed by atoms with Crippen molar-refractivity contribution in [3.8, 4) is 5.75 Å². The Morgan fingerprint density at radius 1 is 0.966 bits per heavy atom. The van der Waals surface area contributed by atoms with Crippen molar-refractivity contribution in [1.29, 1.82) is 0 Å². The lowest BCUT2D eigenvalue weighted by Crippen LogP contribution is -2.20. The summed E-state index contributed by atoms with van der Waals surface area (Å²) in [6, 6.07) is 7.42. The fourth-order valence-corrected chi connectivity index (χ4v) is 2.42. The number of ether oxygens (including phenoxy) is 1. The van der Waals surface area contributed by atoms with Crippen LogP contribution >= 0.6 is 0 Å². The number of non-ortho nitro benzene ring substituents is 2. The highest BCUT2D eigenvalue weighted by Gasteiger charge is 2.21.